The molecule has 3 aromatic heterocycles. The molecule has 1 saturated carbocycles. The number of methoxy groups -OCH3 is 1. The second-order valence-electron chi connectivity index (χ2n) is 10.4. The smallest absolute Gasteiger partial charge is 0.382 e. The van der Waals surface area contributed by atoms with E-state index in [-0.39, 0.29) is 36.4 Å². The number of alkyl halides is 7. The van der Waals surface area contributed by atoms with Crippen molar-refractivity contribution in [3.63, 3.8) is 0 Å². The minimum absolute atomic E-state index is 0.0242. The summed E-state index contributed by atoms with van der Waals surface area (Å²) in [4.78, 5) is 30.8. The fourth-order valence-electron chi connectivity index (χ4n) is 5.31. The molecule has 1 aliphatic heterocycles. The molecule has 2 N–H and O–H groups in total. The van der Waals surface area contributed by atoms with E-state index in [1.807, 2.05) is 5.32 Å². The van der Waals surface area contributed by atoms with E-state index >= 15 is 0 Å². The van der Waals surface area contributed by atoms with Crippen molar-refractivity contribution in [2.75, 3.05) is 20.3 Å². The molecule has 43 heavy (non-hydrogen) atoms. The Morgan fingerprint density at radius 2 is 1.98 bits per heavy atom. The number of aromatic nitrogens is 5. The molecule has 3 aromatic rings. The number of imidazole rings is 1. The number of nitrogens with one attached hydrogen (secondary N) is 2. The van der Waals surface area contributed by atoms with Gasteiger partial charge in [0, 0.05) is 25.5 Å². The number of fused-ring (bicyclic) bond motifs is 1. The molecule has 1 saturated heterocycles. The van der Waals surface area contributed by atoms with Crippen LogP contribution in [-0.2, 0) is 4.74 Å². The Hall–Kier alpha value is -4.03. The Labute approximate surface area is 237 Å². The van der Waals surface area contributed by atoms with E-state index < -0.39 is 85.3 Å². The molecule has 19 heteroatoms. The van der Waals surface area contributed by atoms with Crippen molar-refractivity contribution in [1.82, 2.24) is 40.4 Å². The molecule has 2 aliphatic rings. The van der Waals surface area contributed by atoms with Crippen LogP contribution in [0.15, 0.2) is 23.1 Å². The topological polar surface area (TPSA) is 140 Å². The van der Waals surface area contributed by atoms with Crippen molar-refractivity contribution < 1.29 is 49.7 Å². The van der Waals surface area contributed by atoms with Gasteiger partial charge in [0.15, 0.2) is 11.3 Å². The minimum Gasteiger partial charge on any atom is -0.382 e. The van der Waals surface area contributed by atoms with E-state index in [4.69, 9.17) is 4.74 Å². The number of hydrogen-bond acceptors (Lipinski definition) is 8. The highest BCUT2D eigenvalue weighted by molar-refractivity contribution is 5.93. The van der Waals surface area contributed by atoms with Crippen molar-refractivity contribution >= 4 is 17.6 Å². The van der Waals surface area contributed by atoms with Crippen LogP contribution in [0.2, 0.25) is 0 Å². The first kappa shape index (κ1) is 30.4. The van der Waals surface area contributed by atoms with Crippen molar-refractivity contribution in [1.29, 1.82) is 0 Å². The standard InChI is InChI=1S/C24H25F7N8O4/c1-42-10-14(38-9-15(24(29,30)31)34-22(38)41)12-6-16-33-13(8-39(16)32-7-12)17(11-2-4-23(27,28)5-3-11)35-21(40)19-18(20(25)26)36-43-37-19/h6-8,11,14-15,17,20H,2-5,9-10H2,1H3,(H,34,41)(H,35,40)/t14-,15?,17+/m1/s1. The van der Waals surface area contributed by atoms with Gasteiger partial charge in [0.2, 0.25) is 11.6 Å². The number of carbonyl (C=O) groups excluding carboxylic acids is 2. The summed E-state index contributed by atoms with van der Waals surface area (Å²) in [6.07, 6.45) is -6.11. The average molecular weight is 623 g/mol. The second kappa shape index (κ2) is 11.6. The summed E-state index contributed by atoms with van der Waals surface area (Å²) in [6.45, 7) is -0.838. The summed E-state index contributed by atoms with van der Waals surface area (Å²) in [7, 11) is 1.31. The molecule has 0 aromatic carbocycles. The van der Waals surface area contributed by atoms with E-state index in [0.717, 1.165) is 4.90 Å². The van der Waals surface area contributed by atoms with Gasteiger partial charge in [0.05, 0.1) is 43.3 Å². The molecule has 4 heterocycles. The lowest BCUT2D eigenvalue weighted by molar-refractivity contribution is -0.150. The number of rotatable bonds is 9. The molecule has 0 radical (unpaired) electrons. The summed E-state index contributed by atoms with van der Waals surface area (Å²) >= 11 is 0. The third-order valence-electron chi connectivity index (χ3n) is 7.55. The van der Waals surface area contributed by atoms with Crippen LogP contribution in [0, 0.1) is 5.92 Å². The number of nitrogens with zero attached hydrogens (tertiary/aromatic N) is 6. The zero-order chi connectivity index (χ0) is 31.1. The quantitative estimate of drug-likeness (QED) is 0.342. The van der Waals surface area contributed by atoms with Crippen LogP contribution >= 0.6 is 0 Å². The highest BCUT2D eigenvalue weighted by atomic mass is 19.4. The molecule has 1 aliphatic carbocycles. The van der Waals surface area contributed by atoms with Gasteiger partial charge in [-0.1, -0.05) is 0 Å². The first-order valence-corrected chi connectivity index (χ1v) is 13.0. The van der Waals surface area contributed by atoms with Crippen LogP contribution in [0.1, 0.15) is 71.6 Å². The van der Waals surface area contributed by atoms with Crippen molar-refractivity contribution in [3.8, 4) is 0 Å². The Kier molecular flexibility index (Phi) is 8.19. The maximum absolute atomic E-state index is 13.9. The molecular weight excluding hydrogens is 597 g/mol. The lowest BCUT2D eigenvalue weighted by atomic mass is 9.81. The first-order chi connectivity index (χ1) is 20.3. The molecule has 234 valence electrons. The molecule has 3 amide bonds. The average Bonchev–Trinajstić information content (AvgIpc) is 3.68. The van der Waals surface area contributed by atoms with Crippen LogP contribution in [0.5, 0.6) is 0 Å². The fourth-order valence-corrected chi connectivity index (χ4v) is 5.31. The predicted molar refractivity (Wildman–Crippen MR) is 129 cm³/mol. The molecule has 1 unspecified atom stereocenters. The Morgan fingerprint density at radius 3 is 2.60 bits per heavy atom. The SMILES string of the molecule is COC[C@H](c1cnn2cc([C@@H](NC(=O)c3nonc3C(F)F)C3CCC(F)(F)CC3)nc2c1)N1CC(C(F)(F)F)NC1=O. The number of carbonyl (C=O) groups is 2. The Bertz CT molecular complexity index is 1470. The van der Waals surface area contributed by atoms with Crippen molar-refractivity contribution in [2.24, 2.45) is 5.92 Å². The van der Waals surface area contributed by atoms with E-state index in [1.54, 1.807) is 0 Å². The molecule has 5 rings (SSSR count). The van der Waals surface area contributed by atoms with Gasteiger partial charge in [0.25, 0.3) is 12.3 Å². The van der Waals surface area contributed by atoms with Gasteiger partial charge >= 0.3 is 12.2 Å². The van der Waals surface area contributed by atoms with E-state index in [0.29, 0.717) is 0 Å². The number of hydrogen-bond donors (Lipinski definition) is 2. The van der Waals surface area contributed by atoms with Crippen LogP contribution in [-0.4, -0.2) is 80.2 Å². The second-order valence-corrected chi connectivity index (χ2v) is 10.4. The monoisotopic (exact) mass is 622 g/mol. The predicted octanol–water partition coefficient (Wildman–Crippen LogP) is 3.99. The fraction of sp³-hybridized carbons (Fsp3) is 0.583. The lowest BCUT2D eigenvalue weighted by Gasteiger charge is -2.33. The highest BCUT2D eigenvalue weighted by Crippen LogP contribution is 2.41. The highest BCUT2D eigenvalue weighted by Gasteiger charge is 2.48. The normalized spacial score (nSPS) is 20.9. The van der Waals surface area contributed by atoms with Crippen molar-refractivity contribution in [3.05, 3.63) is 41.1 Å². The van der Waals surface area contributed by atoms with E-state index in [9.17, 15) is 40.3 Å². The summed E-state index contributed by atoms with van der Waals surface area (Å²) in [6, 6.07) is -3.58. The number of ether oxygens (including phenoxy) is 1. The summed E-state index contributed by atoms with van der Waals surface area (Å²) < 4.78 is 105. The minimum atomic E-state index is -4.66. The third-order valence-corrected chi connectivity index (χ3v) is 7.55. The Balaban J connectivity index is 1.46. The first-order valence-electron chi connectivity index (χ1n) is 13.0. The molecule has 0 bridgehead atoms. The lowest BCUT2D eigenvalue weighted by Crippen LogP contribution is -2.40. The number of amides is 3. The van der Waals surface area contributed by atoms with Gasteiger partial charge in [-0.05, 0) is 35.1 Å². The van der Waals surface area contributed by atoms with Gasteiger partial charge in [0.1, 0.15) is 6.04 Å². The number of urea groups is 1. The van der Waals surface area contributed by atoms with Crippen LogP contribution in [0.4, 0.5) is 35.5 Å². The Morgan fingerprint density at radius 1 is 1.26 bits per heavy atom. The number of halogens is 7. The zero-order valence-electron chi connectivity index (χ0n) is 22.3. The molecule has 2 fully saturated rings. The maximum Gasteiger partial charge on any atom is 0.410 e. The van der Waals surface area contributed by atoms with Crippen molar-refractivity contribution in [2.45, 2.75) is 62.3 Å². The van der Waals surface area contributed by atoms with Crippen LogP contribution in [0.25, 0.3) is 5.65 Å². The molecular formula is C24H25F7N8O4. The van der Waals surface area contributed by atoms with E-state index in [2.05, 4.69) is 30.3 Å². The molecule has 12 nitrogen and oxygen atoms in total. The largest absolute Gasteiger partial charge is 0.410 e. The van der Waals surface area contributed by atoms with E-state index in [1.165, 1.54) is 30.1 Å². The maximum atomic E-state index is 13.9. The van der Waals surface area contributed by atoms with Gasteiger partial charge in [-0.15, -0.1) is 0 Å². The zero-order valence-corrected chi connectivity index (χ0v) is 22.3. The van der Waals surface area contributed by atoms with Gasteiger partial charge in [-0.2, -0.15) is 18.3 Å². The molecule has 3 atom stereocenters. The van der Waals surface area contributed by atoms with Crippen LogP contribution < -0.4 is 10.6 Å². The van der Waals surface area contributed by atoms with Gasteiger partial charge in [-0.3, -0.25) is 4.79 Å². The van der Waals surface area contributed by atoms with Gasteiger partial charge < -0.3 is 20.3 Å². The summed E-state index contributed by atoms with van der Waals surface area (Å²) in [5, 5.41) is 15.0. The summed E-state index contributed by atoms with van der Waals surface area (Å²) in [5.41, 5.74) is -1.16. The third kappa shape index (κ3) is 6.35. The van der Waals surface area contributed by atoms with Crippen LogP contribution in [0.3, 0.4) is 0 Å². The van der Waals surface area contributed by atoms with Gasteiger partial charge in [-0.25, -0.2) is 36.5 Å². The summed E-state index contributed by atoms with van der Waals surface area (Å²) in [5.74, 6) is -4.55. The molecule has 0 spiro atoms.